The second kappa shape index (κ2) is 8.06. The van der Waals surface area contributed by atoms with Crippen molar-refractivity contribution in [1.29, 1.82) is 0 Å². The molecule has 0 spiro atoms. The van der Waals surface area contributed by atoms with Gasteiger partial charge in [-0.05, 0) is 24.6 Å². The molecule has 7 heteroatoms. The molecule has 0 fully saturated rings. The summed E-state index contributed by atoms with van der Waals surface area (Å²) in [6.45, 7) is 2.91. The van der Waals surface area contributed by atoms with E-state index in [0.717, 1.165) is 11.3 Å². The largest absolute Gasteiger partial charge is 0.360 e. The highest BCUT2D eigenvalue weighted by molar-refractivity contribution is 5.75. The number of hydrogen-bond donors (Lipinski definition) is 1. The molecular formula is C19H19N5O2. The maximum atomic E-state index is 11.8. The van der Waals surface area contributed by atoms with Gasteiger partial charge in [0.25, 0.3) is 0 Å². The lowest BCUT2D eigenvalue weighted by molar-refractivity contribution is -0.383. The summed E-state index contributed by atoms with van der Waals surface area (Å²) in [5.41, 5.74) is 1.72. The molecule has 0 saturated heterocycles. The molecule has 0 atom stereocenters. The van der Waals surface area contributed by atoms with Gasteiger partial charge in [-0.15, -0.1) is 0 Å². The molecule has 3 aromatic rings. The number of para-hydroxylation sites is 1. The molecule has 0 saturated carbocycles. The van der Waals surface area contributed by atoms with Crippen molar-refractivity contribution in [2.75, 3.05) is 16.8 Å². The molecule has 3 rings (SSSR count). The Morgan fingerprint density at radius 2 is 1.69 bits per heavy atom. The lowest BCUT2D eigenvalue weighted by Crippen LogP contribution is -2.20. The third-order valence-corrected chi connectivity index (χ3v) is 3.93. The standard InChI is InChI=1S/C19H19N5O2/c1-2-23(16-11-7-4-8-12-16)19-17(24(25)26)18(21-14-22-19)20-13-15-9-5-3-6-10-15/h3-12,14H,2,13H2,1H3,(H,20,21,22). The van der Waals surface area contributed by atoms with Crippen molar-refractivity contribution in [2.24, 2.45) is 0 Å². The number of nitrogens with zero attached hydrogens (tertiary/aromatic N) is 4. The van der Waals surface area contributed by atoms with Crippen LogP contribution in [-0.2, 0) is 6.54 Å². The Kier molecular flexibility index (Phi) is 5.38. The van der Waals surface area contributed by atoms with Crippen LogP contribution in [0.1, 0.15) is 12.5 Å². The maximum absolute atomic E-state index is 11.8. The molecule has 0 bridgehead atoms. The molecule has 1 heterocycles. The van der Waals surface area contributed by atoms with Gasteiger partial charge in [-0.3, -0.25) is 10.1 Å². The molecule has 2 aromatic carbocycles. The molecule has 1 N–H and O–H groups in total. The number of nitrogens with one attached hydrogen (secondary N) is 1. The van der Waals surface area contributed by atoms with Crippen LogP contribution in [0.3, 0.4) is 0 Å². The summed E-state index contributed by atoms with van der Waals surface area (Å²) in [7, 11) is 0. The van der Waals surface area contributed by atoms with Crippen LogP contribution < -0.4 is 10.2 Å². The normalized spacial score (nSPS) is 10.3. The van der Waals surface area contributed by atoms with Crippen LogP contribution in [0.4, 0.5) is 23.0 Å². The fourth-order valence-electron chi connectivity index (χ4n) is 2.71. The molecule has 0 aliphatic carbocycles. The average molecular weight is 349 g/mol. The van der Waals surface area contributed by atoms with E-state index in [9.17, 15) is 10.1 Å². The quantitative estimate of drug-likeness (QED) is 0.509. The second-order valence-corrected chi connectivity index (χ2v) is 5.57. The summed E-state index contributed by atoms with van der Waals surface area (Å²) in [5, 5.41) is 14.8. The smallest absolute Gasteiger partial charge is 0.353 e. The SMILES string of the molecule is CCN(c1ccccc1)c1ncnc(NCc2ccccc2)c1[N+](=O)[O-]. The molecule has 0 radical (unpaired) electrons. The summed E-state index contributed by atoms with van der Waals surface area (Å²) in [5.74, 6) is 0.479. The van der Waals surface area contributed by atoms with Crippen LogP contribution in [0.2, 0.25) is 0 Å². The first kappa shape index (κ1) is 17.3. The monoisotopic (exact) mass is 349 g/mol. The summed E-state index contributed by atoms with van der Waals surface area (Å²) in [4.78, 5) is 21.4. The van der Waals surface area contributed by atoms with Gasteiger partial charge < -0.3 is 10.2 Å². The highest BCUT2D eigenvalue weighted by Crippen LogP contribution is 2.35. The van der Waals surface area contributed by atoms with Gasteiger partial charge in [-0.1, -0.05) is 48.5 Å². The number of benzene rings is 2. The second-order valence-electron chi connectivity index (χ2n) is 5.57. The highest BCUT2D eigenvalue weighted by Gasteiger charge is 2.27. The minimum absolute atomic E-state index is 0.130. The van der Waals surface area contributed by atoms with Crippen molar-refractivity contribution >= 4 is 23.0 Å². The summed E-state index contributed by atoms with van der Waals surface area (Å²) >= 11 is 0. The Labute approximate surface area is 151 Å². The zero-order chi connectivity index (χ0) is 18.4. The minimum Gasteiger partial charge on any atom is -0.360 e. The third-order valence-electron chi connectivity index (χ3n) is 3.93. The highest BCUT2D eigenvalue weighted by atomic mass is 16.6. The lowest BCUT2D eigenvalue weighted by Gasteiger charge is -2.22. The predicted molar refractivity (Wildman–Crippen MR) is 102 cm³/mol. The van der Waals surface area contributed by atoms with Gasteiger partial charge >= 0.3 is 5.69 Å². The Hall–Kier alpha value is -3.48. The topological polar surface area (TPSA) is 84.2 Å². The Balaban J connectivity index is 1.97. The molecule has 0 aliphatic heterocycles. The zero-order valence-electron chi connectivity index (χ0n) is 14.4. The van der Waals surface area contributed by atoms with Gasteiger partial charge in [0.1, 0.15) is 6.33 Å². The van der Waals surface area contributed by atoms with E-state index in [1.807, 2.05) is 67.6 Å². The predicted octanol–water partition coefficient (Wildman–Crippen LogP) is 4.15. The molecule has 0 unspecified atom stereocenters. The van der Waals surface area contributed by atoms with Crippen molar-refractivity contribution in [2.45, 2.75) is 13.5 Å². The van der Waals surface area contributed by atoms with Gasteiger partial charge in [0, 0.05) is 18.8 Å². The fraction of sp³-hybridized carbons (Fsp3) is 0.158. The van der Waals surface area contributed by atoms with Crippen LogP contribution in [-0.4, -0.2) is 21.4 Å². The summed E-state index contributed by atoms with van der Waals surface area (Å²) in [6.07, 6.45) is 1.35. The van der Waals surface area contributed by atoms with Gasteiger partial charge in [-0.25, -0.2) is 9.97 Å². The van der Waals surface area contributed by atoms with Gasteiger partial charge in [0.15, 0.2) is 0 Å². The number of anilines is 3. The Morgan fingerprint density at radius 1 is 1.04 bits per heavy atom. The first-order valence-electron chi connectivity index (χ1n) is 8.30. The van der Waals surface area contributed by atoms with E-state index in [1.54, 1.807) is 4.90 Å². The number of aromatic nitrogens is 2. The summed E-state index contributed by atoms with van der Waals surface area (Å²) in [6, 6.07) is 19.1. The van der Waals surface area contributed by atoms with E-state index in [2.05, 4.69) is 15.3 Å². The number of nitro groups is 1. The van der Waals surface area contributed by atoms with E-state index in [0.29, 0.717) is 13.1 Å². The minimum atomic E-state index is -0.436. The lowest BCUT2D eigenvalue weighted by atomic mass is 10.2. The van der Waals surface area contributed by atoms with Gasteiger partial charge in [-0.2, -0.15) is 0 Å². The van der Waals surface area contributed by atoms with Gasteiger partial charge in [0.2, 0.25) is 11.6 Å². The van der Waals surface area contributed by atoms with Crippen LogP contribution in [0.15, 0.2) is 67.0 Å². The first-order chi connectivity index (χ1) is 12.7. The third kappa shape index (κ3) is 3.77. The number of rotatable bonds is 7. The van der Waals surface area contributed by atoms with E-state index < -0.39 is 4.92 Å². The molecule has 0 aliphatic rings. The Bertz CT molecular complexity index is 872. The molecular weight excluding hydrogens is 330 g/mol. The molecule has 132 valence electrons. The van der Waals surface area contributed by atoms with Crippen LogP contribution in [0.25, 0.3) is 0 Å². The molecule has 1 aromatic heterocycles. The van der Waals surface area contributed by atoms with Crippen molar-refractivity contribution in [3.8, 4) is 0 Å². The maximum Gasteiger partial charge on any atom is 0.353 e. The van der Waals surface area contributed by atoms with E-state index >= 15 is 0 Å². The Morgan fingerprint density at radius 3 is 2.31 bits per heavy atom. The van der Waals surface area contributed by atoms with Crippen LogP contribution >= 0.6 is 0 Å². The molecule has 7 nitrogen and oxygen atoms in total. The van der Waals surface area contributed by atoms with Crippen molar-refractivity contribution in [3.05, 3.63) is 82.7 Å². The van der Waals surface area contributed by atoms with Crippen molar-refractivity contribution in [3.63, 3.8) is 0 Å². The van der Waals surface area contributed by atoms with Crippen LogP contribution in [0.5, 0.6) is 0 Å². The van der Waals surface area contributed by atoms with Crippen LogP contribution in [0, 0.1) is 10.1 Å². The molecule has 26 heavy (non-hydrogen) atoms. The van der Waals surface area contributed by atoms with E-state index in [1.165, 1.54) is 6.33 Å². The van der Waals surface area contributed by atoms with E-state index in [4.69, 9.17) is 0 Å². The van der Waals surface area contributed by atoms with E-state index in [-0.39, 0.29) is 17.3 Å². The summed E-state index contributed by atoms with van der Waals surface area (Å²) < 4.78 is 0. The number of hydrogen-bond acceptors (Lipinski definition) is 6. The van der Waals surface area contributed by atoms with Crippen molar-refractivity contribution in [1.82, 2.24) is 9.97 Å². The zero-order valence-corrected chi connectivity index (χ0v) is 14.4. The van der Waals surface area contributed by atoms with Crippen molar-refractivity contribution < 1.29 is 4.92 Å². The average Bonchev–Trinajstić information content (AvgIpc) is 2.68. The molecule has 0 amide bonds. The first-order valence-corrected chi connectivity index (χ1v) is 8.30. The fourth-order valence-corrected chi connectivity index (χ4v) is 2.71. The van der Waals surface area contributed by atoms with Gasteiger partial charge in [0.05, 0.1) is 4.92 Å².